The molecule has 32 heavy (non-hydrogen) atoms. The molecule has 0 spiro atoms. The van der Waals surface area contributed by atoms with E-state index in [1.54, 1.807) is 6.07 Å². The summed E-state index contributed by atoms with van der Waals surface area (Å²) in [5, 5.41) is 31.1. The number of piperidine rings is 2. The van der Waals surface area contributed by atoms with E-state index in [1.165, 1.54) is 12.8 Å². The molecule has 2 aliphatic heterocycles. The molecule has 2 saturated heterocycles. The third-order valence-electron chi connectivity index (χ3n) is 6.85. The van der Waals surface area contributed by atoms with Gasteiger partial charge >= 0.3 is 0 Å². The number of likely N-dealkylation sites (tertiary alicyclic amines) is 1. The Labute approximate surface area is 189 Å². The maximum atomic E-state index is 10.3. The van der Waals surface area contributed by atoms with E-state index in [1.807, 2.05) is 24.3 Å². The lowest BCUT2D eigenvalue weighted by Gasteiger charge is -2.39. The van der Waals surface area contributed by atoms with Crippen LogP contribution >= 0.6 is 0 Å². The lowest BCUT2D eigenvalue weighted by Crippen LogP contribution is -2.46. The Balaban J connectivity index is 1.44. The summed E-state index contributed by atoms with van der Waals surface area (Å²) in [5.41, 5.74) is 3.15. The number of aromatic hydroxyl groups is 1. The van der Waals surface area contributed by atoms with Gasteiger partial charge in [0.15, 0.2) is 11.3 Å². The predicted octanol–water partition coefficient (Wildman–Crippen LogP) is 3.41. The minimum atomic E-state index is 0.215. The van der Waals surface area contributed by atoms with Gasteiger partial charge in [0, 0.05) is 31.2 Å². The molecule has 2 aliphatic rings. The van der Waals surface area contributed by atoms with Crippen molar-refractivity contribution in [3.8, 4) is 17.0 Å². The summed E-state index contributed by atoms with van der Waals surface area (Å²) >= 11 is 0. The Bertz CT molecular complexity index is 1050. The van der Waals surface area contributed by atoms with Crippen molar-refractivity contribution in [1.82, 2.24) is 30.2 Å². The number of nitrogens with one attached hydrogen (secondary N) is 2. The number of phenolic OH excluding ortho intramolecular Hbond substituents is 1. The molecule has 0 aliphatic carbocycles. The van der Waals surface area contributed by atoms with Gasteiger partial charge in [0.25, 0.3) is 0 Å². The first-order valence-electron chi connectivity index (χ1n) is 12.0. The minimum Gasteiger partial charge on any atom is -0.507 e. The summed E-state index contributed by atoms with van der Waals surface area (Å²) in [5.74, 6) is 1.02. The van der Waals surface area contributed by atoms with Gasteiger partial charge in [-0.05, 0) is 63.4 Å². The number of para-hydroxylation sites is 1. The van der Waals surface area contributed by atoms with Crippen LogP contribution in [0.15, 0.2) is 30.3 Å². The zero-order chi connectivity index (χ0) is 21.9. The Morgan fingerprint density at radius 3 is 2.59 bits per heavy atom. The van der Waals surface area contributed by atoms with Gasteiger partial charge < -0.3 is 20.6 Å². The molecule has 0 radical (unpaired) electrons. The second kappa shape index (κ2) is 9.42. The normalized spacial score (nSPS) is 18.9. The molecule has 2 aromatic heterocycles. The molecule has 5 rings (SSSR count). The van der Waals surface area contributed by atoms with Crippen LogP contribution in [0, 0.1) is 0 Å². The minimum absolute atomic E-state index is 0.215. The van der Waals surface area contributed by atoms with Gasteiger partial charge in [-0.3, -0.25) is 4.68 Å². The van der Waals surface area contributed by atoms with Crippen molar-refractivity contribution >= 4 is 16.9 Å². The SMILES string of the molecule is CCCNc1nn(C2CCN(C3CCNCC3)CC2)c2cc(-c3ccccc3O)nnc12. The molecule has 1 aromatic carbocycles. The molecular formula is C24H33N7O. The molecule has 4 heterocycles. The lowest BCUT2D eigenvalue weighted by molar-refractivity contribution is 0.111. The van der Waals surface area contributed by atoms with E-state index < -0.39 is 0 Å². The summed E-state index contributed by atoms with van der Waals surface area (Å²) < 4.78 is 2.16. The van der Waals surface area contributed by atoms with Crippen LogP contribution in [0.3, 0.4) is 0 Å². The highest BCUT2D eigenvalue weighted by Crippen LogP contribution is 2.34. The molecule has 2 fully saturated rings. The first-order valence-corrected chi connectivity index (χ1v) is 12.0. The predicted molar refractivity (Wildman–Crippen MR) is 127 cm³/mol. The number of phenols is 1. The van der Waals surface area contributed by atoms with Gasteiger partial charge in [0.2, 0.25) is 0 Å². The second-order valence-electron chi connectivity index (χ2n) is 8.95. The van der Waals surface area contributed by atoms with Crippen LogP contribution < -0.4 is 10.6 Å². The Morgan fingerprint density at radius 2 is 1.84 bits per heavy atom. The fraction of sp³-hybridized carbons (Fsp3) is 0.542. The molecule has 0 bridgehead atoms. The van der Waals surface area contributed by atoms with Gasteiger partial charge in [0.1, 0.15) is 5.75 Å². The average molecular weight is 436 g/mol. The van der Waals surface area contributed by atoms with Crippen LogP contribution in [0.2, 0.25) is 0 Å². The number of aromatic nitrogens is 4. The number of hydrogen-bond acceptors (Lipinski definition) is 7. The zero-order valence-electron chi connectivity index (χ0n) is 18.8. The highest BCUT2D eigenvalue weighted by molar-refractivity contribution is 5.88. The Morgan fingerprint density at radius 1 is 1.06 bits per heavy atom. The van der Waals surface area contributed by atoms with Gasteiger partial charge in [-0.15, -0.1) is 10.2 Å². The largest absolute Gasteiger partial charge is 0.507 e. The van der Waals surface area contributed by atoms with Crippen LogP contribution in [0.5, 0.6) is 5.75 Å². The van der Waals surface area contributed by atoms with Crippen LogP contribution in [0.4, 0.5) is 5.82 Å². The van der Waals surface area contributed by atoms with E-state index >= 15 is 0 Å². The Kier molecular flexibility index (Phi) is 6.23. The average Bonchev–Trinajstić information content (AvgIpc) is 3.21. The van der Waals surface area contributed by atoms with Crippen molar-refractivity contribution < 1.29 is 5.11 Å². The maximum absolute atomic E-state index is 10.3. The summed E-state index contributed by atoms with van der Waals surface area (Å²) in [4.78, 5) is 2.67. The standard InChI is InChI=1S/C24H33N7O/c1-2-11-26-24-23-21(16-20(27-28-23)19-5-3-4-6-22(19)32)31(29-24)18-9-14-30(15-10-18)17-7-12-25-13-8-17/h3-6,16-18,25,32H,2,7-15H2,1H3,(H,26,29). The monoisotopic (exact) mass is 435 g/mol. The smallest absolute Gasteiger partial charge is 0.176 e. The highest BCUT2D eigenvalue weighted by Gasteiger charge is 2.29. The summed E-state index contributed by atoms with van der Waals surface area (Å²) in [7, 11) is 0. The number of rotatable bonds is 6. The van der Waals surface area contributed by atoms with E-state index in [2.05, 4.69) is 37.3 Å². The van der Waals surface area contributed by atoms with Crippen molar-refractivity contribution in [2.75, 3.05) is 38.0 Å². The van der Waals surface area contributed by atoms with Crippen molar-refractivity contribution in [3.05, 3.63) is 30.3 Å². The van der Waals surface area contributed by atoms with Crippen LogP contribution in [0.1, 0.15) is 45.1 Å². The molecule has 0 atom stereocenters. The molecule has 0 unspecified atom stereocenters. The number of nitrogens with zero attached hydrogens (tertiary/aromatic N) is 5. The molecule has 0 amide bonds. The topological polar surface area (TPSA) is 91.1 Å². The van der Waals surface area contributed by atoms with Crippen LogP contribution in [-0.2, 0) is 0 Å². The zero-order valence-corrected chi connectivity index (χ0v) is 18.8. The third kappa shape index (κ3) is 4.17. The van der Waals surface area contributed by atoms with Gasteiger partial charge in [-0.1, -0.05) is 19.1 Å². The molecule has 0 saturated carbocycles. The molecule has 3 N–H and O–H groups in total. The molecule has 170 valence electrons. The molecule has 8 heteroatoms. The van der Waals surface area contributed by atoms with E-state index in [9.17, 15) is 5.11 Å². The lowest BCUT2D eigenvalue weighted by atomic mass is 9.98. The quantitative estimate of drug-likeness (QED) is 0.546. The second-order valence-corrected chi connectivity index (χ2v) is 8.95. The van der Waals surface area contributed by atoms with Crippen LogP contribution in [-0.4, -0.2) is 68.7 Å². The number of anilines is 1. The maximum Gasteiger partial charge on any atom is 0.176 e. The van der Waals surface area contributed by atoms with Gasteiger partial charge in [-0.2, -0.15) is 5.10 Å². The highest BCUT2D eigenvalue weighted by atomic mass is 16.3. The number of hydrogen-bond donors (Lipinski definition) is 3. The first-order chi connectivity index (χ1) is 15.7. The summed E-state index contributed by atoms with van der Waals surface area (Å²) in [6.45, 7) is 7.48. The van der Waals surface area contributed by atoms with Gasteiger partial charge in [-0.25, -0.2) is 0 Å². The van der Waals surface area contributed by atoms with Crippen molar-refractivity contribution in [1.29, 1.82) is 0 Å². The Hall–Kier alpha value is -2.71. The fourth-order valence-corrected chi connectivity index (χ4v) is 5.06. The van der Waals surface area contributed by atoms with Gasteiger partial charge in [0.05, 0.1) is 17.3 Å². The number of fused-ring (bicyclic) bond motifs is 1. The van der Waals surface area contributed by atoms with E-state index in [4.69, 9.17) is 5.10 Å². The van der Waals surface area contributed by atoms with E-state index in [-0.39, 0.29) is 5.75 Å². The third-order valence-corrected chi connectivity index (χ3v) is 6.85. The molecule has 8 nitrogen and oxygen atoms in total. The van der Waals surface area contributed by atoms with Crippen LogP contribution in [0.25, 0.3) is 22.3 Å². The fourth-order valence-electron chi connectivity index (χ4n) is 5.06. The van der Waals surface area contributed by atoms with Crippen molar-refractivity contribution in [2.24, 2.45) is 0 Å². The molecular weight excluding hydrogens is 402 g/mol. The molecule has 3 aromatic rings. The summed E-state index contributed by atoms with van der Waals surface area (Å²) in [6.07, 6.45) is 5.69. The van der Waals surface area contributed by atoms with E-state index in [0.29, 0.717) is 23.3 Å². The number of benzene rings is 1. The first kappa shape index (κ1) is 21.2. The van der Waals surface area contributed by atoms with Crippen molar-refractivity contribution in [3.63, 3.8) is 0 Å². The summed E-state index contributed by atoms with van der Waals surface area (Å²) in [6, 6.07) is 10.4. The van der Waals surface area contributed by atoms with Crippen molar-refractivity contribution in [2.45, 2.75) is 51.1 Å². The van der Waals surface area contributed by atoms with E-state index in [0.717, 1.165) is 68.8 Å².